The van der Waals surface area contributed by atoms with E-state index in [4.69, 9.17) is 11.6 Å². The summed E-state index contributed by atoms with van der Waals surface area (Å²) in [6.45, 7) is 8.27. The molecule has 3 nitrogen and oxygen atoms in total. The van der Waals surface area contributed by atoms with Gasteiger partial charge in [-0.3, -0.25) is 9.69 Å². The van der Waals surface area contributed by atoms with E-state index in [9.17, 15) is 4.79 Å². The molecule has 1 aromatic carbocycles. The van der Waals surface area contributed by atoms with E-state index in [0.717, 1.165) is 41.8 Å². The zero-order valence-electron chi connectivity index (χ0n) is 14.1. The van der Waals surface area contributed by atoms with Gasteiger partial charge in [-0.2, -0.15) is 0 Å². The number of nitrogens with zero attached hydrogens (tertiary/aromatic N) is 2. The molecule has 0 spiro atoms. The van der Waals surface area contributed by atoms with Gasteiger partial charge in [0.2, 0.25) is 5.91 Å². The first-order valence-electron chi connectivity index (χ1n) is 8.54. The molecular weight excluding hydrogens is 328 g/mol. The number of hydrogen-bond acceptors (Lipinski definition) is 3. The maximum absolute atomic E-state index is 12.3. The van der Waals surface area contributed by atoms with Gasteiger partial charge in [-0.25, -0.2) is 0 Å². The zero-order valence-corrected chi connectivity index (χ0v) is 15.7. The number of carbonyl (C=O) groups is 1. The van der Waals surface area contributed by atoms with Gasteiger partial charge in [-0.05, 0) is 31.0 Å². The molecule has 1 aliphatic rings. The van der Waals surface area contributed by atoms with Gasteiger partial charge in [0.1, 0.15) is 0 Å². The van der Waals surface area contributed by atoms with Crippen LogP contribution in [0.4, 0.5) is 0 Å². The van der Waals surface area contributed by atoms with Gasteiger partial charge in [0.25, 0.3) is 0 Å². The van der Waals surface area contributed by atoms with E-state index in [2.05, 4.69) is 18.7 Å². The lowest BCUT2D eigenvalue weighted by Crippen LogP contribution is -2.51. The van der Waals surface area contributed by atoms with Crippen LogP contribution in [-0.2, 0) is 4.79 Å². The van der Waals surface area contributed by atoms with Crippen LogP contribution in [0.5, 0.6) is 0 Å². The zero-order chi connectivity index (χ0) is 16.7. The molecular formula is C18H27ClN2OS. The Morgan fingerprint density at radius 1 is 1.22 bits per heavy atom. The molecule has 2 rings (SSSR count). The van der Waals surface area contributed by atoms with Gasteiger partial charge in [0.15, 0.2) is 0 Å². The van der Waals surface area contributed by atoms with Crippen LogP contribution in [0.25, 0.3) is 0 Å². The van der Waals surface area contributed by atoms with Crippen LogP contribution in [0, 0.1) is 0 Å². The quantitative estimate of drug-likeness (QED) is 0.687. The minimum Gasteiger partial charge on any atom is -0.340 e. The standard InChI is InChI=1S/C18H27ClN2OS/c1-3-16(4-2)20-9-11-21(12-10-20)18(22)8-13-23-17-7-5-6-15(19)14-17/h5-7,14,16H,3-4,8-13H2,1-2H3. The lowest BCUT2D eigenvalue weighted by molar-refractivity contribution is -0.132. The fraction of sp³-hybridized carbons (Fsp3) is 0.611. The van der Waals surface area contributed by atoms with Crippen molar-refractivity contribution >= 4 is 29.3 Å². The molecule has 1 aromatic rings. The van der Waals surface area contributed by atoms with E-state index in [0.29, 0.717) is 12.5 Å². The Balaban J connectivity index is 1.71. The molecule has 0 N–H and O–H groups in total. The normalized spacial score (nSPS) is 16.1. The van der Waals surface area contributed by atoms with Crippen molar-refractivity contribution in [2.24, 2.45) is 0 Å². The molecule has 23 heavy (non-hydrogen) atoms. The number of halogens is 1. The second-order valence-electron chi connectivity index (χ2n) is 5.94. The van der Waals surface area contributed by atoms with Crippen molar-refractivity contribution in [3.63, 3.8) is 0 Å². The van der Waals surface area contributed by atoms with Gasteiger partial charge in [0.05, 0.1) is 0 Å². The molecule has 0 aliphatic carbocycles. The van der Waals surface area contributed by atoms with Gasteiger partial charge in [-0.1, -0.05) is 31.5 Å². The van der Waals surface area contributed by atoms with E-state index in [1.165, 1.54) is 12.8 Å². The Bertz CT molecular complexity index is 500. The minimum absolute atomic E-state index is 0.281. The molecule has 0 aromatic heterocycles. The van der Waals surface area contributed by atoms with Crippen LogP contribution in [0.3, 0.4) is 0 Å². The van der Waals surface area contributed by atoms with E-state index in [-0.39, 0.29) is 5.91 Å². The van der Waals surface area contributed by atoms with Gasteiger partial charge >= 0.3 is 0 Å². The highest BCUT2D eigenvalue weighted by Gasteiger charge is 2.24. The molecule has 1 heterocycles. The molecule has 0 unspecified atom stereocenters. The van der Waals surface area contributed by atoms with Crippen molar-refractivity contribution in [3.8, 4) is 0 Å². The number of benzene rings is 1. The van der Waals surface area contributed by atoms with Crippen LogP contribution >= 0.6 is 23.4 Å². The van der Waals surface area contributed by atoms with E-state index in [1.807, 2.05) is 29.2 Å². The SMILES string of the molecule is CCC(CC)N1CCN(C(=O)CCSc2cccc(Cl)c2)CC1. The van der Waals surface area contributed by atoms with Gasteiger partial charge < -0.3 is 4.90 Å². The number of thioether (sulfide) groups is 1. The van der Waals surface area contributed by atoms with Crippen molar-refractivity contribution in [2.75, 3.05) is 31.9 Å². The second kappa shape index (κ2) is 9.55. The summed E-state index contributed by atoms with van der Waals surface area (Å²) in [5.41, 5.74) is 0. The van der Waals surface area contributed by atoms with Gasteiger partial charge in [0, 0.05) is 54.3 Å². The molecule has 1 amide bonds. The average molecular weight is 355 g/mol. The third-order valence-corrected chi connectivity index (χ3v) is 5.74. The fourth-order valence-corrected chi connectivity index (χ4v) is 4.27. The summed E-state index contributed by atoms with van der Waals surface area (Å²) in [5, 5.41) is 0.749. The van der Waals surface area contributed by atoms with E-state index < -0.39 is 0 Å². The highest BCUT2D eigenvalue weighted by atomic mass is 35.5. The molecule has 128 valence electrons. The third-order valence-electron chi connectivity index (χ3n) is 4.51. The monoisotopic (exact) mass is 354 g/mol. The third kappa shape index (κ3) is 5.70. The fourth-order valence-electron chi connectivity index (χ4n) is 3.11. The van der Waals surface area contributed by atoms with Crippen LogP contribution in [0.15, 0.2) is 29.2 Å². The summed E-state index contributed by atoms with van der Waals surface area (Å²) in [6, 6.07) is 8.48. The smallest absolute Gasteiger partial charge is 0.223 e. The van der Waals surface area contributed by atoms with Crippen molar-refractivity contribution in [1.29, 1.82) is 0 Å². The summed E-state index contributed by atoms with van der Waals surface area (Å²) in [7, 11) is 0. The average Bonchev–Trinajstić information content (AvgIpc) is 2.56. The summed E-state index contributed by atoms with van der Waals surface area (Å²) in [6.07, 6.45) is 2.99. The van der Waals surface area contributed by atoms with Gasteiger partial charge in [-0.15, -0.1) is 11.8 Å². The van der Waals surface area contributed by atoms with Crippen LogP contribution in [0.1, 0.15) is 33.1 Å². The van der Waals surface area contributed by atoms with Crippen LogP contribution < -0.4 is 0 Å². The maximum atomic E-state index is 12.3. The molecule has 5 heteroatoms. The van der Waals surface area contributed by atoms with Crippen LogP contribution in [-0.4, -0.2) is 53.7 Å². The number of rotatable bonds is 7. The first-order chi connectivity index (χ1) is 11.1. The largest absolute Gasteiger partial charge is 0.340 e. The van der Waals surface area contributed by atoms with Crippen molar-refractivity contribution in [1.82, 2.24) is 9.80 Å². The summed E-state index contributed by atoms with van der Waals surface area (Å²) in [5.74, 6) is 1.09. The highest BCUT2D eigenvalue weighted by Crippen LogP contribution is 2.22. The van der Waals surface area contributed by atoms with E-state index in [1.54, 1.807) is 11.8 Å². The Hall–Kier alpha value is -0.710. The first kappa shape index (κ1) is 18.6. The second-order valence-corrected chi connectivity index (χ2v) is 7.55. The first-order valence-corrected chi connectivity index (χ1v) is 9.90. The summed E-state index contributed by atoms with van der Waals surface area (Å²) >= 11 is 7.68. The van der Waals surface area contributed by atoms with E-state index >= 15 is 0 Å². The maximum Gasteiger partial charge on any atom is 0.223 e. The van der Waals surface area contributed by atoms with Crippen molar-refractivity contribution in [2.45, 2.75) is 44.0 Å². The number of amides is 1. The molecule has 0 bridgehead atoms. The summed E-state index contributed by atoms with van der Waals surface area (Å²) < 4.78 is 0. The molecule has 0 radical (unpaired) electrons. The topological polar surface area (TPSA) is 23.6 Å². The predicted molar refractivity (Wildman–Crippen MR) is 99.3 cm³/mol. The summed E-state index contributed by atoms with van der Waals surface area (Å²) in [4.78, 5) is 18.0. The molecule has 0 saturated carbocycles. The molecule has 1 aliphatic heterocycles. The Morgan fingerprint density at radius 3 is 2.52 bits per heavy atom. The number of hydrogen-bond donors (Lipinski definition) is 0. The Labute approximate surface area is 149 Å². The van der Waals surface area contributed by atoms with Crippen LogP contribution in [0.2, 0.25) is 5.02 Å². The van der Waals surface area contributed by atoms with Crippen molar-refractivity contribution in [3.05, 3.63) is 29.3 Å². The lowest BCUT2D eigenvalue weighted by atomic mass is 10.1. The Morgan fingerprint density at radius 2 is 1.91 bits per heavy atom. The lowest BCUT2D eigenvalue weighted by Gasteiger charge is -2.38. The molecule has 1 fully saturated rings. The Kier molecular flexibility index (Phi) is 7.74. The number of piperazine rings is 1. The molecule has 1 saturated heterocycles. The highest BCUT2D eigenvalue weighted by molar-refractivity contribution is 7.99. The predicted octanol–water partition coefficient (Wildman–Crippen LogP) is 4.16. The molecule has 0 atom stereocenters. The number of carbonyl (C=O) groups excluding carboxylic acids is 1. The minimum atomic E-state index is 0.281. The van der Waals surface area contributed by atoms with Crippen molar-refractivity contribution < 1.29 is 4.79 Å².